The summed E-state index contributed by atoms with van der Waals surface area (Å²) in [6.45, 7) is 0.193. The van der Waals surface area contributed by atoms with Crippen LogP contribution in [0.2, 0.25) is 0 Å². The molecule has 2 aromatic rings. The predicted octanol–water partition coefficient (Wildman–Crippen LogP) is 1.48. The molecule has 0 saturated heterocycles. The molecule has 1 N–H and O–H groups in total. The van der Waals surface area contributed by atoms with Crippen molar-refractivity contribution < 1.29 is 14.1 Å². The van der Waals surface area contributed by atoms with Crippen LogP contribution in [0.5, 0.6) is 5.75 Å². The number of ether oxygens (including phenoxy) is 1. The number of hydrogen-bond donors (Lipinski definition) is 1. The Kier molecular flexibility index (Phi) is 3.78. The van der Waals surface area contributed by atoms with Crippen molar-refractivity contribution in [1.82, 2.24) is 14.8 Å². The van der Waals surface area contributed by atoms with Crippen LogP contribution in [0.4, 0.5) is 15.8 Å². The zero-order chi connectivity index (χ0) is 14.7. The van der Waals surface area contributed by atoms with E-state index in [9.17, 15) is 14.5 Å². The minimum absolute atomic E-state index is 0.0205. The predicted molar refractivity (Wildman–Crippen MR) is 67.9 cm³/mol. The molecule has 0 unspecified atom stereocenters. The lowest BCUT2D eigenvalue weighted by Gasteiger charge is -2.08. The number of halogens is 1. The molecule has 106 valence electrons. The normalized spacial score (nSPS) is 10.3. The molecule has 0 spiro atoms. The number of anilines is 1. The van der Waals surface area contributed by atoms with Crippen molar-refractivity contribution in [3.8, 4) is 5.75 Å². The van der Waals surface area contributed by atoms with E-state index < -0.39 is 16.4 Å². The van der Waals surface area contributed by atoms with Crippen LogP contribution in [-0.2, 0) is 13.6 Å². The molecular formula is C11H12FN5O3. The van der Waals surface area contributed by atoms with Gasteiger partial charge in [-0.05, 0) is 0 Å². The Balaban J connectivity index is 2.21. The molecule has 0 amide bonds. The summed E-state index contributed by atoms with van der Waals surface area (Å²) in [4.78, 5) is 14.0. The Morgan fingerprint density at radius 3 is 2.85 bits per heavy atom. The van der Waals surface area contributed by atoms with Crippen LogP contribution in [0.25, 0.3) is 0 Å². The highest BCUT2D eigenvalue weighted by Gasteiger charge is 2.19. The van der Waals surface area contributed by atoms with Gasteiger partial charge in [0.05, 0.1) is 30.3 Å². The van der Waals surface area contributed by atoms with Gasteiger partial charge in [-0.3, -0.25) is 14.8 Å². The van der Waals surface area contributed by atoms with E-state index in [1.54, 1.807) is 7.05 Å². The topological polar surface area (TPSA) is 95.1 Å². The maximum atomic E-state index is 13.8. The first-order chi connectivity index (χ1) is 9.51. The van der Waals surface area contributed by atoms with Crippen LogP contribution in [0, 0.1) is 15.9 Å². The highest BCUT2D eigenvalue weighted by molar-refractivity contribution is 5.59. The largest absolute Gasteiger partial charge is 0.490 e. The van der Waals surface area contributed by atoms with Gasteiger partial charge in [0.15, 0.2) is 17.4 Å². The van der Waals surface area contributed by atoms with Gasteiger partial charge in [0.25, 0.3) is 0 Å². The molecule has 1 heterocycles. The van der Waals surface area contributed by atoms with E-state index in [-0.39, 0.29) is 18.0 Å². The summed E-state index contributed by atoms with van der Waals surface area (Å²) < 4.78 is 20.2. The van der Waals surface area contributed by atoms with Gasteiger partial charge in [0, 0.05) is 13.1 Å². The highest BCUT2D eigenvalue weighted by atomic mass is 19.1. The minimum Gasteiger partial charge on any atom is -0.490 e. The Hall–Kier alpha value is -2.71. The number of nitro groups is 1. The van der Waals surface area contributed by atoms with Crippen molar-refractivity contribution in [2.45, 2.75) is 6.54 Å². The van der Waals surface area contributed by atoms with Crippen LogP contribution >= 0.6 is 0 Å². The van der Waals surface area contributed by atoms with Crippen molar-refractivity contribution in [1.29, 1.82) is 0 Å². The first-order valence-electron chi connectivity index (χ1n) is 5.61. The number of methoxy groups -OCH3 is 1. The summed E-state index contributed by atoms with van der Waals surface area (Å²) in [7, 11) is 3.00. The average Bonchev–Trinajstić information content (AvgIpc) is 2.82. The third-order valence-electron chi connectivity index (χ3n) is 2.55. The lowest BCUT2D eigenvalue weighted by molar-refractivity contribution is -0.385. The molecular weight excluding hydrogens is 269 g/mol. The maximum Gasteiger partial charge on any atom is 0.313 e. The molecule has 9 heteroatoms. The molecule has 1 aromatic heterocycles. The smallest absolute Gasteiger partial charge is 0.313 e. The van der Waals surface area contributed by atoms with Crippen LogP contribution in [0.3, 0.4) is 0 Å². The molecule has 20 heavy (non-hydrogen) atoms. The fourth-order valence-corrected chi connectivity index (χ4v) is 1.62. The van der Waals surface area contributed by atoms with Crippen LogP contribution in [0.1, 0.15) is 5.82 Å². The van der Waals surface area contributed by atoms with Gasteiger partial charge in [-0.1, -0.05) is 0 Å². The molecule has 0 saturated carbocycles. The first-order valence-corrected chi connectivity index (χ1v) is 5.61. The molecule has 0 radical (unpaired) electrons. The first kappa shape index (κ1) is 13.7. The quantitative estimate of drug-likeness (QED) is 0.659. The number of rotatable bonds is 5. The summed E-state index contributed by atoms with van der Waals surface area (Å²) in [6.07, 6.45) is 1.52. The number of hydrogen-bond acceptors (Lipinski definition) is 6. The summed E-state index contributed by atoms with van der Waals surface area (Å²) in [5.74, 6) is -0.287. The molecule has 0 aliphatic rings. The SMILES string of the molecule is COc1cc(NCc2ncn(C)n2)c(F)cc1[N+](=O)[O-]. The zero-order valence-electron chi connectivity index (χ0n) is 10.8. The van der Waals surface area contributed by atoms with Gasteiger partial charge in [-0.2, -0.15) is 5.10 Å². The van der Waals surface area contributed by atoms with Gasteiger partial charge in [0.1, 0.15) is 6.33 Å². The van der Waals surface area contributed by atoms with E-state index in [1.807, 2.05) is 0 Å². The average molecular weight is 281 g/mol. The number of aromatic nitrogens is 3. The van der Waals surface area contributed by atoms with Crippen molar-refractivity contribution >= 4 is 11.4 Å². The summed E-state index contributed by atoms with van der Waals surface area (Å²) in [5.41, 5.74) is -0.341. The fourth-order valence-electron chi connectivity index (χ4n) is 1.62. The van der Waals surface area contributed by atoms with Crippen molar-refractivity contribution in [2.75, 3.05) is 12.4 Å². The molecule has 1 aromatic carbocycles. The second kappa shape index (κ2) is 5.51. The molecule has 0 aliphatic carbocycles. The van der Waals surface area contributed by atoms with Crippen molar-refractivity contribution in [3.05, 3.63) is 40.2 Å². The number of aryl methyl sites for hydroxylation is 1. The lowest BCUT2D eigenvalue weighted by atomic mass is 10.2. The Morgan fingerprint density at radius 2 is 2.30 bits per heavy atom. The van der Waals surface area contributed by atoms with E-state index in [1.165, 1.54) is 24.2 Å². The molecule has 2 rings (SSSR count). The Labute approximate surface area is 113 Å². The second-order valence-electron chi connectivity index (χ2n) is 3.95. The summed E-state index contributed by atoms with van der Waals surface area (Å²) in [5, 5.41) is 17.5. The zero-order valence-corrected chi connectivity index (χ0v) is 10.8. The summed E-state index contributed by atoms with van der Waals surface area (Å²) >= 11 is 0. The van der Waals surface area contributed by atoms with Crippen LogP contribution in [-0.4, -0.2) is 26.8 Å². The number of nitrogens with zero attached hydrogens (tertiary/aromatic N) is 4. The van der Waals surface area contributed by atoms with Gasteiger partial charge in [0.2, 0.25) is 0 Å². The fraction of sp³-hybridized carbons (Fsp3) is 0.273. The molecule has 0 aliphatic heterocycles. The second-order valence-corrected chi connectivity index (χ2v) is 3.95. The van der Waals surface area contributed by atoms with Gasteiger partial charge in [-0.15, -0.1) is 0 Å². The van der Waals surface area contributed by atoms with E-state index in [0.717, 1.165) is 6.07 Å². The van der Waals surface area contributed by atoms with Gasteiger partial charge >= 0.3 is 5.69 Å². The minimum atomic E-state index is -0.742. The third kappa shape index (κ3) is 2.82. The highest BCUT2D eigenvalue weighted by Crippen LogP contribution is 2.32. The Morgan fingerprint density at radius 1 is 1.55 bits per heavy atom. The van der Waals surface area contributed by atoms with Gasteiger partial charge in [-0.25, -0.2) is 9.37 Å². The van der Waals surface area contributed by atoms with Gasteiger partial charge < -0.3 is 10.1 Å². The Bertz CT molecular complexity index is 643. The van der Waals surface area contributed by atoms with E-state index >= 15 is 0 Å². The van der Waals surface area contributed by atoms with Crippen molar-refractivity contribution in [2.24, 2.45) is 7.05 Å². The van der Waals surface area contributed by atoms with E-state index in [2.05, 4.69) is 15.4 Å². The number of benzene rings is 1. The lowest BCUT2D eigenvalue weighted by Crippen LogP contribution is -2.05. The summed E-state index contributed by atoms with van der Waals surface area (Å²) in [6, 6.07) is 2.05. The van der Waals surface area contributed by atoms with Crippen molar-refractivity contribution in [3.63, 3.8) is 0 Å². The van der Waals surface area contributed by atoms with Crippen LogP contribution < -0.4 is 10.1 Å². The van der Waals surface area contributed by atoms with E-state index in [4.69, 9.17) is 4.74 Å². The molecule has 8 nitrogen and oxygen atoms in total. The standard InChI is InChI=1S/C11H12FN5O3/c1-16-6-14-11(15-16)5-13-8-4-10(20-2)9(17(18)19)3-7(8)12/h3-4,6,13H,5H2,1-2H3. The van der Waals surface area contributed by atoms with Crippen LogP contribution in [0.15, 0.2) is 18.5 Å². The monoisotopic (exact) mass is 281 g/mol. The molecule has 0 fully saturated rings. The molecule has 0 bridgehead atoms. The molecule has 0 atom stereocenters. The number of nitrogens with one attached hydrogen (secondary N) is 1. The number of nitro benzene ring substituents is 1. The maximum absolute atomic E-state index is 13.8. The van der Waals surface area contributed by atoms with E-state index in [0.29, 0.717) is 5.82 Å². The third-order valence-corrected chi connectivity index (χ3v) is 2.55.